The summed E-state index contributed by atoms with van der Waals surface area (Å²) in [6.07, 6.45) is 5.10. The van der Waals surface area contributed by atoms with Gasteiger partial charge in [0.15, 0.2) is 0 Å². The molecule has 0 bridgehead atoms. The molecule has 0 saturated carbocycles. The lowest BCUT2D eigenvalue weighted by atomic mass is 9.93. The Labute approximate surface area is 238 Å². The molecule has 7 aromatic rings. The van der Waals surface area contributed by atoms with Gasteiger partial charge >= 0.3 is 0 Å². The van der Waals surface area contributed by atoms with Gasteiger partial charge in [0.05, 0.1) is 22.3 Å². The van der Waals surface area contributed by atoms with Crippen molar-refractivity contribution in [1.82, 2.24) is 19.5 Å². The van der Waals surface area contributed by atoms with Crippen LogP contribution in [0.15, 0.2) is 134 Å². The summed E-state index contributed by atoms with van der Waals surface area (Å²) in [6.45, 7) is 0. The highest BCUT2D eigenvalue weighted by Gasteiger charge is 2.18. The van der Waals surface area contributed by atoms with E-state index in [1.165, 1.54) is 0 Å². The predicted octanol–water partition coefficient (Wildman–Crippen LogP) is 8.40. The van der Waals surface area contributed by atoms with E-state index >= 15 is 0 Å². The maximum atomic E-state index is 10.5. The summed E-state index contributed by atoms with van der Waals surface area (Å²) in [5.74, 6) is 0.812. The number of aromatic nitrogens is 4. The van der Waals surface area contributed by atoms with E-state index in [4.69, 9.17) is 9.97 Å². The van der Waals surface area contributed by atoms with Crippen LogP contribution in [0.3, 0.4) is 0 Å². The zero-order valence-corrected chi connectivity index (χ0v) is 22.4. The Morgan fingerprint density at radius 3 is 2.05 bits per heavy atom. The summed E-state index contributed by atoms with van der Waals surface area (Å²) in [7, 11) is 1.96. The molecule has 7 rings (SSSR count). The summed E-state index contributed by atoms with van der Waals surface area (Å²) in [5, 5.41) is 10.5. The van der Waals surface area contributed by atoms with Crippen molar-refractivity contribution < 1.29 is 5.11 Å². The van der Waals surface area contributed by atoms with Crippen LogP contribution in [0.25, 0.3) is 67.1 Å². The number of imidazole rings is 1. The number of para-hydroxylation sites is 1. The number of nitrogens with zero attached hydrogens (tertiary/aromatic N) is 4. The second-order valence-electron chi connectivity index (χ2n) is 10.0. The molecule has 0 aliphatic heterocycles. The second kappa shape index (κ2) is 10.2. The van der Waals surface area contributed by atoms with E-state index in [0.717, 1.165) is 55.7 Å². The van der Waals surface area contributed by atoms with Gasteiger partial charge in [0.1, 0.15) is 11.6 Å². The molecule has 41 heavy (non-hydrogen) atoms. The van der Waals surface area contributed by atoms with Crippen molar-refractivity contribution in [3.8, 4) is 61.8 Å². The fraction of sp³-hybridized carbons (Fsp3) is 0.0278. The van der Waals surface area contributed by atoms with Crippen LogP contribution in [-0.2, 0) is 7.05 Å². The minimum Gasteiger partial charge on any atom is -0.507 e. The molecule has 0 saturated heterocycles. The number of pyridine rings is 2. The Morgan fingerprint density at radius 1 is 0.585 bits per heavy atom. The van der Waals surface area contributed by atoms with Crippen LogP contribution in [0.4, 0.5) is 0 Å². The highest BCUT2D eigenvalue weighted by Crippen LogP contribution is 2.38. The Morgan fingerprint density at radius 2 is 1.29 bits per heavy atom. The van der Waals surface area contributed by atoms with Crippen molar-refractivity contribution in [2.75, 3.05) is 0 Å². The number of fused-ring (bicyclic) bond motifs is 1. The number of rotatable bonds is 5. The van der Waals surface area contributed by atoms with Gasteiger partial charge in [-0.15, -0.1) is 0 Å². The third kappa shape index (κ3) is 4.53. The molecule has 4 aromatic carbocycles. The monoisotopic (exact) mass is 530 g/mol. The first-order chi connectivity index (χ1) is 20.2. The largest absolute Gasteiger partial charge is 0.507 e. The number of aryl methyl sites for hydroxylation is 1. The van der Waals surface area contributed by atoms with E-state index in [9.17, 15) is 5.11 Å². The first kappa shape index (κ1) is 24.5. The highest BCUT2D eigenvalue weighted by molar-refractivity contribution is 5.96. The van der Waals surface area contributed by atoms with Crippen molar-refractivity contribution >= 4 is 11.0 Å². The summed E-state index contributed by atoms with van der Waals surface area (Å²) >= 11 is 0. The van der Waals surface area contributed by atoms with Crippen molar-refractivity contribution in [2.24, 2.45) is 7.05 Å². The quantitative estimate of drug-likeness (QED) is 0.243. The lowest BCUT2D eigenvalue weighted by molar-refractivity contribution is 0.476. The van der Waals surface area contributed by atoms with Crippen LogP contribution in [0.2, 0.25) is 0 Å². The SMILES string of the molecule is Cn1c(-c2cnccc2O)nc2c(-c3cc(-c4ccccc4)cc(-c4cc(-c5ccccc5)ccn4)c3)cccc21. The third-order valence-corrected chi connectivity index (χ3v) is 7.46. The van der Waals surface area contributed by atoms with Crippen LogP contribution >= 0.6 is 0 Å². The lowest BCUT2D eigenvalue weighted by Gasteiger charge is -2.12. The molecule has 1 N–H and O–H groups in total. The van der Waals surface area contributed by atoms with E-state index in [2.05, 4.69) is 96.0 Å². The molecule has 0 unspecified atom stereocenters. The van der Waals surface area contributed by atoms with E-state index in [1.54, 1.807) is 18.5 Å². The van der Waals surface area contributed by atoms with E-state index < -0.39 is 0 Å². The lowest BCUT2D eigenvalue weighted by Crippen LogP contribution is -1.93. The maximum absolute atomic E-state index is 10.5. The summed E-state index contributed by atoms with van der Waals surface area (Å²) in [4.78, 5) is 14.0. The number of benzene rings is 4. The van der Waals surface area contributed by atoms with E-state index in [0.29, 0.717) is 11.4 Å². The topological polar surface area (TPSA) is 63.8 Å². The molecule has 3 heterocycles. The molecular formula is C36H26N4O. The zero-order chi connectivity index (χ0) is 27.8. The van der Waals surface area contributed by atoms with Crippen molar-refractivity contribution in [2.45, 2.75) is 0 Å². The minimum atomic E-state index is 0.151. The molecule has 0 aliphatic rings. The summed E-state index contributed by atoms with van der Waals surface area (Å²) in [5.41, 5.74) is 10.9. The van der Waals surface area contributed by atoms with Crippen molar-refractivity contribution in [1.29, 1.82) is 0 Å². The van der Waals surface area contributed by atoms with Gasteiger partial charge in [0.25, 0.3) is 0 Å². The molecule has 3 aromatic heterocycles. The average molecular weight is 531 g/mol. The maximum Gasteiger partial charge on any atom is 0.146 e. The molecule has 5 nitrogen and oxygen atoms in total. The summed E-state index contributed by atoms with van der Waals surface area (Å²) in [6, 6.07) is 39.3. The van der Waals surface area contributed by atoms with Gasteiger partial charge in [-0.05, 0) is 70.3 Å². The first-order valence-corrected chi connectivity index (χ1v) is 13.5. The van der Waals surface area contributed by atoms with Gasteiger partial charge < -0.3 is 9.67 Å². The fourth-order valence-corrected chi connectivity index (χ4v) is 5.37. The molecule has 0 radical (unpaired) electrons. The fourth-order valence-electron chi connectivity index (χ4n) is 5.37. The number of hydrogen-bond acceptors (Lipinski definition) is 4. The second-order valence-corrected chi connectivity index (χ2v) is 10.0. The van der Waals surface area contributed by atoms with Crippen molar-refractivity contribution in [3.63, 3.8) is 0 Å². The Hall–Kier alpha value is -5.55. The zero-order valence-electron chi connectivity index (χ0n) is 22.4. The first-order valence-electron chi connectivity index (χ1n) is 13.5. The molecule has 196 valence electrons. The normalized spacial score (nSPS) is 11.1. The van der Waals surface area contributed by atoms with E-state index in [-0.39, 0.29) is 5.75 Å². The highest BCUT2D eigenvalue weighted by atomic mass is 16.3. The van der Waals surface area contributed by atoms with Gasteiger partial charge in [-0.2, -0.15) is 0 Å². The van der Waals surface area contributed by atoms with Crippen LogP contribution in [0, 0.1) is 0 Å². The smallest absolute Gasteiger partial charge is 0.146 e. The van der Waals surface area contributed by atoms with E-state index in [1.807, 2.05) is 36.0 Å². The van der Waals surface area contributed by atoms with Crippen LogP contribution in [-0.4, -0.2) is 24.6 Å². The standard InChI is InChI=1S/C36H26N4O/c1-40-33-14-8-13-30(35(33)39-36(40)31-23-37-17-16-34(31)41)28-19-27(25-11-6-3-7-12-25)20-29(21-28)32-22-26(15-18-38-32)24-9-4-2-5-10-24/h2-23H,1H3,(H,37,41). The van der Waals surface area contributed by atoms with Gasteiger partial charge in [0, 0.05) is 36.8 Å². The summed E-state index contributed by atoms with van der Waals surface area (Å²) < 4.78 is 2.00. The average Bonchev–Trinajstić information content (AvgIpc) is 3.38. The molecular weight excluding hydrogens is 504 g/mol. The molecule has 5 heteroatoms. The van der Waals surface area contributed by atoms with Crippen LogP contribution in [0.5, 0.6) is 5.75 Å². The molecule has 0 atom stereocenters. The van der Waals surface area contributed by atoms with Gasteiger partial charge in [-0.3, -0.25) is 9.97 Å². The number of hydrogen-bond donors (Lipinski definition) is 1. The van der Waals surface area contributed by atoms with Crippen molar-refractivity contribution in [3.05, 3.63) is 134 Å². The minimum absolute atomic E-state index is 0.151. The van der Waals surface area contributed by atoms with Gasteiger partial charge in [0.2, 0.25) is 0 Å². The molecule has 0 spiro atoms. The third-order valence-electron chi connectivity index (χ3n) is 7.46. The van der Waals surface area contributed by atoms with Gasteiger partial charge in [-0.1, -0.05) is 72.8 Å². The number of aromatic hydroxyl groups is 1. The van der Waals surface area contributed by atoms with Gasteiger partial charge in [-0.25, -0.2) is 4.98 Å². The van der Waals surface area contributed by atoms with Crippen LogP contribution < -0.4 is 0 Å². The molecule has 0 amide bonds. The Kier molecular flexibility index (Phi) is 6.10. The Balaban J connectivity index is 1.43. The Bertz CT molecular complexity index is 2010. The molecule has 0 aliphatic carbocycles. The predicted molar refractivity (Wildman–Crippen MR) is 165 cm³/mol. The van der Waals surface area contributed by atoms with Crippen LogP contribution in [0.1, 0.15) is 0 Å². The molecule has 0 fully saturated rings.